The van der Waals surface area contributed by atoms with Crippen molar-refractivity contribution in [2.75, 3.05) is 11.5 Å². The van der Waals surface area contributed by atoms with Crippen molar-refractivity contribution in [3.05, 3.63) is 22.8 Å². The highest BCUT2D eigenvalue weighted by atomic mass is 32.2. The van der Waals surface area contributed by atoms with Crippen molar-refractivity contribution in [2.24, 2.45) is 0 Å². The minimum atomic E-state index is -0.161. The second kappa shape index (κ2) is 9.75. The molecule has 0 spiro atoms. The molecular formula is C18H28N4O3S. The molecule has 0 bridgehead atoms. The number of nitrogens with one attached hydrogen (secondary N) is 2. The maximum absolute atomic E-state index is 11.4. The van der Waals surface area contributed by atoms with Crippen LogP contribution >= 0.6 is 11.8 Å². The number of carbonyl (C=O) groups is 2. The first-order valence-corrected chi connectivity index (χ1v) is 10.2. The topological polar surface area (TPSA) is 93.2 Å². The van der Waals surface area contributed by atoms with Crippen LogP contribution in [0.15, 0.2) is 0 Å². The number of hydrogen-bond donors (Lipinski definition) is 2. The molecule has 0 aliphatic carbocycles. The highest BCUT2D eigenvalue weighted by Crippen LogP contribution is 2.20. The zero-order valence-corrected chi connectivity index (χ0v) is 16.7. The summed E-state index contributed by atoms with van der Waals surface area (Å²) in [5, 5.41) is 5.69. The molecule has 2 aliphatic heterocycles. The maximum Gasteiger partial charge on any atom is 0.315 e. The largest absolute Gasteiger partial charge is 0.459 e. The molecule has 0 saturated carbocycles. The Hall–Kier alpha value is -1.83. The molecule has 0 aromatic carbocycles. The normalized spacial score (nSPS) is 20.5. The zero-order valence-electron chi connectivity index (χ0n) is 15.9. The Bertz CT molecular complexity index is 640. The maximum atomic E-state index is 11.4. The molecule has 1 aromatic rings. The van der Waals surface area contributed by atoms with E-state index >= 15 is 0 Å². The van der Waals surface area contributed by atoms with Crippen molar-refractivity contribution < 1.29 is 14.3 Å². The van der Waals surface area contributed by atoms with Gasteiger partial charge >= 0.3 is 12.0 Å². The van der Waals surface area contributed by atoms with E-state index in [-0.39, 0.29) is 18.6 Å². The molecule has 2 N–H and O–H groups in total. The molecule has 2 atom stereocenters. The molecule has 2 aliphatic rings. The van der Waals surface area contributed by atoms with Crippen molar-refractivity contribution in [2.45, 2.75) is 65.6 Å². The van der Waals surface area contributed by atoms with E-state index in [0.717, 1.165) is 47.1 Å². The summed E-state index contributed by atoms with van der Waals surface area (Å²) in [5.41, 5.74) is 3.38. The molecule has 3 heterocycles. The van der Waals surface area contributed by atoms with Crippen LogP contribution in [0, 0.1) is 20.8 Å². The molecule has 0 radical (unpaired) electrons. The van der Waals surface area contributed by atoms with Gasteiger partial charge in [0.15, 0.2) is 0 Å². The van der Waals surface area contributed by atoms with Gasteiger partial charge < -0.3 is 15.4 Å². The average Bonchev–Trinajstić information content (AvgIpc) is 3.16. The van der Waals surface area contributed by atoms with Gasteiger partial charge in [-0.05, 0) is 27.2 Å². The third kappa shape index (κ3) is 5.86. The van der Waals surface area contributed by atoms with E-state index in [1.54, 1.807) is 0 Å². The molecule has 144 valence electrons. The van der Waals surface area contributed by atoms with E-state index in [1.165, 1.54) is 0 Å². The average molecular weight is 381 g/mol. The number of ether oxygens (including phenoxy) is 1. The van der Waals surface area contributed by atoms with Crippen LogP contribution in [0.1, 0.15) is 49.0 Å². The van der Waals surface area contributed by atoms with Gasteiger partial charge in [0.05, 0.1) is 34.9 Å². The van der Waals surface area contributed by atoms with Crippen molar-refractivity contribution in [1.29, 1.82) is 0 Å². The first kappa shape index (κ1) is 20.5. The number of urea groups is 1. The van der Waals surface area contributed by atoms with Crippen molar-refractivity contribution in [3.8, 4) is 0 Å². The molecule has 7 nitrogen and oxygen atoms in total. The predicted molar refractivity (Wildman–Crippen MR) is 102 cm³/mol. The Kier molecular flexibility index (Phi) is 7.68. The highest BCUT2D eigenvalue weighted by Gasteiger charge is 2.35. The van der Waals surface area contributed by atoms with Gasteiger partial charge in [-0.2, -0.15) is 11.8 Å². The number of fused-ring (bicyclic) bond motifs is 1. The lowest BCUT2D eigenvalue weighted by Gasteiger charge is -2.08. The van der Waals surface area contributed by atoms with Crippen LogP contribution in [0.3, 0.4) is 0 Å². The Morgan fingerprint density at radius 2 is 1.73 bits per heavy atom. The molecule has 26 heavy (non-hydrogen) atoms. The minimum Gasteiger partial charge on any atom is -0.459 e. The van der Waals surface area contributed by atoms with Gasteiger partial charge in [-0.25, -0.2) is 4.79 Å². The Morgan fingerprint density at radius 1 is 1.12 bits per heavy atom. The first-order chi connectivity index (χ1) is 12.4. The monoisotopic (exact) mass is 380 g/mol. The predicted octanol–water partition coefficient (Wildman–Crippen LogP) is 2.42. The lowest BCUT2D eigenvalue weighted by Crippen LogP contribution is -2.31. The van der Waals surface area contributed by atoms with E-state index in [1.807, 2.05) is 39.5 Å². The van der Waals surface area contributed by atoms with Gasteiger partial charge in [0.25, 0.3) is 0 Å². The van der Waals surface area contributed by atoms with E-state index in [4.69, 9.17) is 4.74 Å². The summed E-state index contributed by atoms with van der Waals surface area (Å²) < 4.78 is 5.16. The van der Waals surface area contributed by atoms with E-state index in [0.29, 0.717) is 18.5 Å². The molecule has 1 aromatic heterocycles. The quantitative estimate of drug-likeness (QED) is 0.602. The van der Waals surface area contributed by atoms with Crippen LogP contribution in [-0.2, 0) is 16.1 Å². The van der Waals surface area contributed by atoms with Gasteiger partial charge in [0.1, 0.15) is 6.61 Å². The van der Waals surface area contributed by atoms with Crippen LogP contribution in [0.25, 0.3) is 0 Å². The van der Waals surface area contributed by atoms with Gasteiger partial charge in [0.2, 0.25) is 0 Å². The second-order valence-corrected chi connectivity index (χ2v) is 7.63. The molecule has 2 amide bonds. The summed E-state index contributed by atoms with van der Waals surface area (Å²) in [6.45, 7) is 7.99. The number of amides is 2. The number of rotatable bonds is 5. The molecule has 3 rings (SSSR count). The minimum absolute atomic E-state index is 0.00491. The Morgan fingerprint density at radius 3 is 2.35 bits per heavy atom. The first-order valence-electron chi connectivity index (χ1n) is 9.01. The van der Waals surface area contributed by atoms with Crippen LogP contribution < -0.4 is 10.6 Å². The number of nitrogens with zero attached hydrogens (tertiary/aromatic N) is 2. The summed E-state index contributed by atoms with van der Waals surface area (Å²) in [4.78, 5) is 30.7. The molecular weight excluding hydrogens is 352 g/mol. The SMILES string of the molecule is CCCCC(=O)OCc1nc(C)c(C)nc1C.O=C1NC2CSCC2N1. The molecule has 2 fully saturated rings. The fourth-order valence-electron chi connectivity index (χ4n) is 2.66. The summed E-state index contributed by atoms with van der Waals surface area (Å²) in [6, 6.07) is 0.815. The van der Waals surface area contributed by atoms with E-state index in [2.05, 4.69) is 20.6 Å². The fourth-order valence-corrected chi connectivity index (χ4v) is 3.93. The molecule has 8 heteroatoms. The summed E-state index contributed by atoms with van der Waals surface area (Å²) in [6.07, 6.45) is 2.35. The van der Waals surface area contributed by atoms with Gasteiger partial charge in [-0.15, -0.1) is 0 Å². The van der Waals surface area contributed by atoms with Crippen LogP contribution in [0.4, 0.5) is 4.79 Å². The third-order valence-electron chi connectivity index (χ3n) is 4.40. The number of aromatic nitrogens is 2. The van der Waals surface area contributed by atoms with Crippen molar-refractivity contribution in [1.82, 2.24) is 20.6 Å². The number of carbonyl (C=O) groups excluding carboxylic acids is 2. The van der Waals surface area contributed by atoms with E-state index < -0.39 is 0 Å². The smallest absolute Gasteiger partial charge is 0.315 e. The summed E-state index contributed by atoms with van der Waals surface area (Å²) >= 11 is 1.89. The third-order valence-corrected chi connectivity index (χ3v) is 5.59. The van der Waals surface area contributed by atoms with Crippen LogP contribution in [0.2, 0.25) is 0 Å². The van der Waals surface area contributed by atoms with Gasteiger partial charge in [-0.3, -0.25) is 14.8 Å². The number of aryl methyl sites for hydroxylation is 3. The molecule has 2 saturated heterocycles. The number of hydrogen-bond acceptors (Lipinski definition) is 6. The van der Waals surface area contributed by atoms with Crippen LogP contribution in [0.5, 0.6) is 0 Å². The van der Waals surface area contributed by atoms with Gasteiger partial charge in [-0.1, -0.05) is 13.3 Å². The van der Waals surface area contributed by atoms with Gasteiger partial charge in [0, 0.05) is 17.9 Å². The van der Waals surface area contributed by atoms with E-state index in [9.17, 15) is 9.59 Å². The second-order valence-electron chi connectivity index (χ2n) is 6.56. The summed E-state index contributed by atoms with van der Waals surface area (Å²) in [5.74, 6) is 1.98. The van der Waals surface area contributed by atoms with Crippen LogP contribution in [-0.4, -0.2) is 45.6 Å². The fraction of sp³-hybridized carbons (Fsp3) is 0.667. The lowest BCUT2D eigenvalue weighted by molar-refractivity contribution is -0.145. The molecule has 2 unspecified atom stereocenters. The number of thioether (sulfide) groups is 1. The number of esters is 1. The standard InChI is InChI=1S/C13H20N2O2.C5H8N2OS/c1-5-6-7-13(16)17-8-12-11(4)14-9(2)10(3)15-12;8-5-6-3-1-9-2-4(3)7-5/h5-8H2,1-4H3;3-4H,1-2H2,(H2,6,7,8). The zero-order chi connectivity index (χ0) is 19.1. The van der Waals surface area contributed by atoms with Crippen molar-refractivity contribution in [3.63, 3.8) is 0 Å². The lowest BCUT2D eigenvalue weighted by atomic mass is 10.2. The Labute approximate surface area is 159 Å². The highest BCUT2D eigenvalue weighted by molar-refractivity contribution is 7.99. The van der Waals surface area contributed by atoms with Crippen molar-refractivity contribution >= 4 is 23.8 Å². The summed E-state index contributed by atoms with van der Waals surface area (Å²) in [7, 11) is 0. The Balaban J connectivity index is 0.000000223. The number of unbranched alkanes of at least 4 members (excludes halogenated alkanes) is 1.